The van der Waals surface area contributed by atoms with Crippen LogP contribution in [-0.4, -0.2) is 54.6 Å². The van der Waals surface area contributed by atoms with E-state index in [1.807, 2.05) is 0 Å². The van der Waals surface area contributed by atoms with Gasteiger partial charge in [0, 0.05) is 19.6 Å². The number of hydrogen-bond donors (Lipinski definition) is 0. The summed E-state index contributed by atoms with van der Waals surface area (Å²) in [5.41, 5.74) is 0. The molecule has 0 heterocycles. The van der Waals surface area contributed by atoms with Crippen LogP contribution in [0.3, 0.4) is 0 Å². The molecule has 0 amide bonds. The summed E-state index contributed by atoms with van der Waals surface area (Å²) in [6, 6.07) is 0. The van der Waals surface area contributed by atoms with E-state index in [9.17, 15) is 0 Å². The van der Waals surface area contributed by atoms with Gasteiger partial charge in [0.2, 0.25) is 0 Å². The molecule has 0 aliphatic carbocycles. The van der Waals surface area contributed by atoms with Gasteiger partial charge in [0.1, 0.15) is 0 Å². The lowest BCUT2D eigenvalue weighted by Gasteiger charge is -2.40. The van der Waals surface area contributed by atoms with E-state index in [1.165, 1.54) is 31.6 Å². The molecular weight excluding hydrogens is 282 g/mol. The van der Waals surface area contributed by atoms with E-state index >= 15 is 0 Å². The third-order valence-electron chi connectivity index (χ3n) is 4.39. The Hall–Kier alpha value is -0.280. The Bertz CT molecular complexity index is 246. The lowest BCUT2D eigenvalue weighted by molar-refractivity contribution is -0.841. The topological polar surface area (TPSA) is 15.6 Å². The Morgan fingerprint density at radius 3 is 1.52 bits per heavy atom. The molecular formula is C17H38ClN3. The normalized spacial score (nSPS) is 12.2. The maximum Gasteiger partial charge on any atom is 0.300 e. The van der Waals surface area contributed by atoms with Crippen LogP contribution in [0.15, 0.2) is 4.99 Å². The molecule has 0 aliphatic rings. The van der Waals surface area contributed by atoms with Gasteiger partial charge in [0.05, 0.1) is 19.6 Å². The quantitative estimate of drug-likeness (QED) is 0.335. The van der Waals surface area contributed by atoms with E-state index < -0.39 is 0 Å². The lowest BCUT2D eigenvalue weighted by Crippen LogP contribution is -3.00. The third-order valence-corrected chi connectivity index (χ3v) is 4.39. The first-order valence-corrected chi connectivity index (χ1v) is 8.81. The number of guanidine groups is 1. The van der Waals surface area contributed by atoms with Crippen molar-refractivity contribution >= 4 is 5.96 Å². The Kier molecular flexibility index (Phi) is 14.7. The summed E-state index contributed by atoms with van der Waals surface area (Å²) in [6.45, 7) is 20.2. The fourth-order valence-corrected chi connectivity index (χ4v) is 2.80. The number of nitrogens with zero attached hydrogens (tertiary/aromatic N) is 3. The zero-order chi connectivity index (χ0) is 15.4. The number of halogens is 1. The molecule has 0 unspecified atom stereocenters. The van der Waals surface area contributed by atoms with Crippen LogP contribution in [0.5, 0.6) is 0 Å². The predicted octanol–water partition coefficient (Wildman–Crippen LogP) is 1.15. The molecule has 21 heavy (non-hydrogen) atoms. The van der Waals surface area contributed by atoms with Gasteiger partial charge in [-0.1, -0.05) is 26.7 Å². The maximum absolute atomic E-state index is 4.93. The molecule has 0 saturated carbocycles. The molecule has 4 heteroatoms. The Morgan fingerprint density at radius 2 is 1.24 bits per heavy atom. The smallest absolute Gasteiger partial charge is 0.300 e. The van der Waals surface area contributed by atoms with Gasteiger partial charge in [0.15, 0.2) is 0 Å². The fourth-order valence-electron chi connectivity index (χ4n) is 2.80. The zero-order valence-corrected chi connectivity index (χ0v) is 16.0. The van der Waals surface area contributed by atoms with Crippen molar-refractivity contribution in [2.75, 3.05) is 39.3 Å². The molecule has 0 atom stereocenters. The van der Waals surface area contributed by atoms with Crippen molar-refractivity contribution in [1.82, 2.24) is 4.90 Å². The first kappa shape index (κ1) is 23.0. The minimum absolute atomic E-state index is 0. The summed E-state index contributed by atoms with van der Waals surface area (Å²) >= 11 is 0. The van der Waals surface area contributed by atoms with Gasteiger partial charge in [0.25, 0.3) is 5.96 Å². The van der Waals surface area contributed by atoms with Gasteiger partial charge >= 0.3 is 0 Å². The van der Waals surface area contributed by atoms with Crippen LogP contribution in [0.4, 0.5) is 0 Å². The second-order valence-corrected chi connectivity index (χ2v) is 5.56. The number of aliphatic imine (C=N–C) groups is 1. The van der Waals surface area contributed by atoms with Crippen molar-refractivity contribution < 1.29 is 16.9 Å². The molecule has 0 fully saturated rings. The standard InChI is InChI=1S/C17H38N3.ClH/c1-7-13-15-19(16-14-8-2)17(18-9-3)20(10-4,11-5)12-6;/h7-16H2,1-6H3;1H/q+1;/p-1. The molecule has 128 valence electrons. The average Bonchev–Trinajstić information content (AvgIpc) is 2.49. The van der Waals surface area contributed by atoms with Crippen molar-refractivity contribution in [3.63, 3.8) is 0 Å². The van der Waals surface area contributed by atoms with Crippen molar-refractivity contribution in [3.8, 4) is 0 Å². The summed E-state index contributed by atoms with van der Waals surface area (Å²) in [5.74, 6) is 1.34. The number of quaternary nitrogens is 1. The maximum atomic E-state index is 4.93. The lowest BCUT2D eigenvalue weighted by atomic mass is 10.2. The first-order chi connectivity index (χ1) is 9.65. The van der Waals surface area contributed by atoms with Crippen LogP contribution in [0.2, 0.25) is 0 Å². The minimum atomic E-state index is 0. The van der Waals surface area contributed by atoms with Gasteiger partial charge in [-0.25, -0.2) is 4.99 Å². The summed E-state index contributed by atoms with van der Waals surface area (Å²) in [4.78, 5) is 7.51. The van der Waals surface area contributed by atoms with E-state index in [0.717, 1.165) is 43.8 Å². The predicted molar refractivity (Wildman–Crippen MR) is 91.2 cm³/mol. The van der Waals surface area contributed by atoms with Crippen LogP contribution < -0.4 is 12.4 Å². The molecule has 0 spiro atoms. The van der Waals surface area contributed by atoms with Gasteiger partial charge in [-0.15, -0.1) is 0 Å². The second-order valence-electron chi connectivity index (χ2n) is 5.56. The van der Waals surface area contributed by atoms with Crippen molar-refractivity contribution in [1.29, 1.82) is 0 Å². The van der Waals surface area contributed by atoms with Gasteiger partial charge in [-0.05, 0) is 40.5 Å². The fraction of sp³-hybridized carbons (Fsp3) is 0.941. The van der Waals surface area contributed by atoms with Gasteiger partial charge in [-0.3, -0.25) is 4.48 Å². The monoisotopic (exact) mass is 319 g/mol. The van der Waals surface area contributed by atoms with E-state index in [1.54, 1.807) is 0 Å². The molecule has 0 aromatic carbocycles. The number of rotatable bonds is 10. The van der Waals surface area contributed by atoms with Crippen LogP contribution in [0.1, 0.15) is 67.2 Å². The molecule has 0 radical (unpaired) electrons. The molecule has 0 aliphatic heterocycles. The zero-order valence-electron chi connectivity index (χ0n) is 15.3. The Morgan fingerprint density at radius 1 is 0.810 bits per heavy atom. The molecule has 0 N–H and O–H groups in total. The number of unbranched alkanes of at least 4 members (excludes halogenated alkanes) is 2. The van der Waals surface area contributed by atoms with Crippen LogP contribution >= 0.6 is 0 Å². The highest BCUT2D eigenvalue weighted by atomic mass is 35.5. The SMILES string of the molecule is CCCCN(CCCC)C(=NCC)[N+](CC)(CC)CC.[Cl-]. The minimum Gasteiger partial charge on any atom is -1.00 e. The molecule has 3 nitrogen and oxygen atoms in total. The van der Waals surface area contributed by atoms with Crippen LogP contribution in [0.25, 0.3) is 0 Å². The molecule has 0 rings (SSSR count). The van der Waals surface area contributed by atoms with E-state index in [2.05, 4.69) is 46.4 Å². The largest absolute Gasteiger partial charge is 1.00 e. The van der Waals surface area contributed by atoms with E-state index in [-0.39, 0.29) is 12.4 Å². The molecule has 0 saturated heterocycles. The highest BCUT2D eigenvalue weighted by Crippen LogP contribution is 2.14. The summed E-state index contributed by atoms with van der Waals surface area (Å²) in [5, 5.41) is 0. The third kappa shape index (κ3) is 7.01. The molecule has 0 bridgehead atoms. The summed E-state index contributed by atoms with van der Waals surface area (Å²) in [7, 11) is 0. The Labute approximate surface area is 139 Å². The van der Waals surface area contributed by atoms with Crippen LogP contribution in [-0.2, 0) is 0 Å². The van der Waals surface area contributed by atoms with E-state index in [0.29, 0.717) is 0 Å². The van der Waals surface area contributed by atoms with Crippen molar-refractivity contribution in [2.45, 2.75) is 67.2 Å². The summed E-state index contributed by atoms with van der Waals surface area (Å²) < 4.78 is 1.03. The highest BCUT2D eigenvalue weighted by Gasteiger charge is 2.33. The van der Waals surface area contributed by atoms with Gasteiger partial charge in [-0.2, -0.15) is 0 Å². The van der Waals surface area contributed by atoms with Crippen LogP contribution in [0, 0.1) is 0 Å². The average molecular weight is 320 g/mol. The summed E-state index contributed by atoms with van der Waals surface area (Å²) in [6.07, 6.45) is 5.05. The Balaban J connectivity index is 0. The first-order valence-electron chi connectivity index (χ1n) is 8.81. The van der Waals surface area contributed by atoms with Crippen molar-refractivity contribution in [3.05, 3.63) is 0 Å². The van der Waals surface area contributed by atoms with Crippen molar-refractivity contribution in [2.24, 2.45) is 4.99 Å². The molecule has 0 aromatic heterocycles. The second kappa shape index (κ2) is 13.4. The number of hydrogen-bond acceptors (Lipinski definition) is 1. The highest BCUT2D eigenvalue weighted by molar-refractivity contribution is 5.73. The van der Waals surface area contributed by atoms with E-state index in [4.69, 9.17) is 4.99 Å². The molecule has 0 aromatic rings. The van der Waals surface area contributed by atoms with Gasteiger partial charge < -0.3 is 17.3 Å².